The van der Waals surface area contributed by atoms with Crippen molar-refractivity contribution in [2.24, 2.45) is 0 Å². The minimum absolute atomic E-state index is 0.0156. The predicted octanol–water partition coefficient (Wildman–Crippen LogP) is 4.78. The van der Waals surface area contributed by atoms with Gasteiger partial charge in [-0.15, -0.1) is 11.3 Å². The molecule has 158 valence electrons. The lowest BCUT2D eigenvalue weighted by molar-refractivity contribution is 0.0686. The van der Waals surface area contributed by atoms with Gasteiger partial charge in [-0.2, -0.15) is 0 Å². The topological polar surface area (TPSA) is 63.7 Å². The minimum Gasteiger partial charge on any atom is -0.494 e. The molecule has 3 aromatic rings. The summed E-state index contributed by atoms with van der Waals surface area (Å²) in [6.07, 6.45) is 0.438. The van der Waals surface area contributed by atoms with Crippen LogP contribution < -0.4 is 4.74 Å². The number of nitrogens with zero attached hydrogens (tertiary/aromatic N) is 1. The maximum atomic E-state index is 13.5. The Bertz CT molecular complexity index is 1170. The van der Waals surface area contributed by atoms with Gasteiger partial charge in [0.1, 0.15) is 10.6 Å². The van der Waals surface area contributed by atoms with Crippen LogP contribution in [-0.2, 0) is 16.4 Å². The zero-order chi connectivity index (χ0) is 21.3. The number of sulfone groups is 1. The highest BCUT2D eigenvalue weighted by Gasteiger charge is 2.36. The summed E-state index contributed by atoms with van der Waals surface area (Å²) >= 11 is 7.89. The van der Waals surface area contributed by atoms with E-state index in [1.54, 1.807) is 4.90 Å². The molecule has 4 rings (SSSR count). The molecule has 0 radical (unpaired) electrons. The molecule has 0 aliphatic carbocycles. The second-order valence-corrected chi connectivity index (χ2v) is 11.0. The SMILES string of the molecule is CCOc1ccc(CN(C(=O)c2sc3ccccc3c2Cl)C2CCS(=O)(=O)C2)cc1. The van der Waals surface area contributed by atoms with Crippen LogP contribution in [-0.4, -0.2) is 43.4 Å². The van der Waals surface area contributed by atoms with Crippen LogP contribution in [0.5, 0.6) is 5.75 Å². The van der Waals surface area contributed by atoms with Crippen molar-refractivity contribution >= 4 is 48.8 Å². The molecule has 1 aliphatic heterocycles. The third kappa shape index (κ3) is 4.33. The fourth-order valence-corrected chi connectivity index (χ4v) is 6.92. The standard InChI is InChI=1S/C22H22ClNO4S2/c1-2-28-17-9-7-15(8-10-17)13-24(16-11-12-30(26,27)14-16)22(25)21-20(23)18-5-3-4-6-19(18)29-21/h3-10,16H,2,11-14H2,1H3. The lowest BCUT2D eigenvalue weighted by atomic mass is 10.1. The summed E-state index contributed by atoms with van der Waals surface area (Å²) in [6.45, 7) is 2.81. The Hall–Kier alpha value is -2.09. The average Bonchev–Trinajstić information content (AvgIpc) is 3.26. The number of thiophene rings is 1. The van der Waals surface area contributed by atoms with E-state index in [0.29, 0.717) is 29.5 Å². The highest BCUT2D eigenvalue weighted by molar-refractivity contribution is 7.91. The van der Waals surface area contributed by atoms with Gasteiger partial charge in [0, 0.05) is 22.7 Å². The third-order valence-electron chi connectivity index (χ3n) is 5.23. The van der Waals surface area contributed by atoms with Crippen molar-refractivity contribution in [2.75, 3.05) is 18.1 Å². The quantitative estimate of drug-likeness (QED) is 0.527. The second-order valence-electron chi connectivity index (χ2n) is 7.31. The van der Waals surface area contributed by atoms with Gasteiger partial charge in [0.05, 0.1) is 23.1 Å². The first-order chi connectivity index (χ1) is 14.4. The van der Waals surface area contributed by atoms with Gasteiger partial charge in [-0.25, -0.2) is 8.42 Å². The molecule has 0 bridgehead atoms. The van der Waals surface area contributed by atoms with Crippen LogP contribution in [0.2, 0.25) is 5.02 Å². The normalized spacial score (nSPS) is 17.9. The Balaban J connectivity index is 1.67. The van der Waals surface area contributed by atoms with Gasteiger partial charge >= 0.3 is 0 Å². The summed E-state index contributed by atoms with van der Waals surface area (Å²) in [7, 11) is -3.14. The Kier molecular flexibility index (Phi) is 6.04. The molecular weight excluding hydrogens is 442 g/mol. The molecule has 30 heavy (non-hydrogen) atoms. The van der Waals surface area contributed by atoms with Crippen molar-refractivity contribution in [1.82, 2.24) is 4.90 Å². The number of carbonyl (C=O) groups is 1. The van der Waals surface area contributed by atoms with Crippen LogP contribution in [0.4, 0.5) is 0 Å². The molecule has 1 unspecified atom stereocenters. The van der Waals surface area contributed by atoms with Crippen LogP contribution in [0.25, 0.3) is 10.1 Å². The Labute approximate surface area is 185 Å². The van der Waals surface area contributed by atoms with Crippen molar-refractivity contribution < 1.29 is 17.9 Å². The first-order valence-electron chi connectivity index (χ1n) is 9.78. The van der Waals surface area contributed by atoms with Crippen LogP contribution in [0.15, 0.2) is 48.5 Å². The number of fused-ring (bicyclic) bond motifs is 1. The molecule has 2 aromatic carbocycles. The Morgan fingerprint density at radius 1 is 1.20 bits per heavy atom. The Morgan fingerprint density at radius 2 is 1.93 bits per heavy atom. The summed E-state index contributed by atoms with van der Waals surface area (Å²) in [4.78, 5) is 15.7. The number of rotatable bonds is 6. The first-order valence-corrected chi connectivity index (χ1v) is 12.8. The molecule has 1 fully saturated rings. The van der Waals surface area contributed by atoms with Crippen molar-refractivity contribution in [1.29, 1.82) is 0 Å². The van der Waals surface area contributed by atoms with Crippen molar-refractivity contribution in [3.63, 3.8) is 0 Å². The molecule has 1 aliphatic rings. The minimum atomic E-state index is -3.14. The molecule has 1 atom stereocenters. The van der Waals surface area contributed by atoms with Gasteiger partial charge in [-0.1, -0.05) is 41.9 Å². The summed E-state index contributed by atoms with van der Waals surface area (Å²) in [6, 6.07) is 14.8. The van der Waals surface area contributed by atoms with Gasteiger partial charge in [-0.3, -0.25) is 4.79 Å². The van der Waals surface area contributed by atoms with E-state index < -0.39 is 9.84 Å². The number of ether oxygens (including phenoxy) is 1. The molecule has 0 saturated carbocycles. The molecule has 1 aromatic heterocycles. The molecular formula is C22H22ClNO4S2. The number of halogens is 1. The van der Waals surface area contributed by atoms with Crippen molar-refractivity contribution in [3.05, 3.63) is 64.0 Å². The average molecular weight is 464 g/mol. The first kappa shape index (κ1) is 21.2. The van der Waals surface area contributed by atoms with Gasteiger partial charge < -0.3 is 9.64 Å². The molecule has 1 saturated heterocycles. The van der Waals surface area contributed by atoms with E-state index in [2.05, 4.69) is 0 Å². The van der Waals surface area contributed by atoms with Gasteiger partial charge in [0.15, 0.2) is 9.84 Å². The monoisotopic (exact) mass is 463 g/mol. The summed E-state index contributed by atoms with van der Waals surface area (Å²) in [5, 5.41) is 1.27. The summed E-state index contributed by atoms with van der Waals surface area (Å²) < 4.78 is 30.6. The van der Waals surface area contributed by atoms with E-state index in [-0.39, 0.29) is 23.5 Å². The van der Waals surface area contributed by atoms with E-state index in [1.807, 2.05) is 55.5 Å². The second kappa shape index (κ2) is 8.57. The highest BCUT2D eigenvalue weighted by atomic mass is 35.5. The maximum Gasteiger partial charge on any atom is 0.266 e. The van der Waals surface area contributed by atoms with Crippen LogP contribution in [0, 0.1) is 0 Å². The highest BCUT2D eigenvalue weighted by Crippen LogP contribution is 2.37. The van der Waals surface area contributed by atoms with Crippen LogP contribution in [0.3, 0.4) is 0 Å². The third-order valence-corrected chi connectivity index (χ3v) is 8.64. The van der Waals surface area contributed by atoms with Gasteiger partial charge in [0.2, 0.25) is 0 Å². The van der Waals surface area contributed by atoms with Gasteiger partial charge in [0.25, 0.3) is 5.91 Å². The van der Waals surface area contributed by atoms with Crippen molar-refractivity contribution in [3.8, 4) is 5.75 Å². The molecule has 0 spiro atoms. The maximum absolute atomic E-state index is 13.5. The molecule has 1 amide bonds. The number of carbonyl (C=O) groups excluding carboxylic acids is 1. The van der Waals surface area contributed by atoms with E-state index in [4.69, 9.17) is 16.3 Å². The summed E-state index contributed by atoms with van der Waals surface area (Å²) in [5.74, 6) is 0.621. The lowest BCUT2D eigenvalue weighted by Crippen LogP contribution is -2.40. The fourth-order valence-electron chi connectivity index (χ4n) is 3.72. The van der Waals surface area contributed by atoms with Crippen molar-refractivity contribution in [2.45, 2.75) is 25.9 Å². The Morgan fingerprint density at radius 3 is 2.57 bits per heavy atom. The predicted molar refractivity (Wildman–Crippen MR) is 121 cm³/mol. The zero-order valence-electron chi connectivity index (χ0n) is 16.5. The van der Waals surface area contributed by atoms with E-state index in [0.717, 1.165) is 21.4 Å². The van der Waals surface area contributed by atoms with Crippen LogP contribution >= 0.6 is 22.9 Å². The smallest absolute Gasteiger partial charge is 0.266 e. The zero-order valence-corrected chi connectivity index (χ0v) is 18.9. The van der Waals surface area contributed by atoms with E-state index >= 15 is 0 Å². The fraction of sp³-hybridized carbons (Fsp3) is 0.318. The largest absolute Gasteiger partial charge is 0.494 e. The van der Waals surface area contributed by atoms with Gasteiger partial charge in [-0.05, 0) is 37.1 Å². The number of hydrogen-bond acceptors (Lipinski definition) is 5. The molecule has 0 N–H and O–H groups in total. The number of amides is 1. The van der Waals surface area contributed by atoms with Crippen LogP contribution in [0.1, 0.15) is 28.6 Å². The molecule has 2 heterocycles. The molecule has 8 heteroatoms. The number of hydrogen-bond donors (Lipinski definition) is 0. The van der Waals surface area contributed by atoms with E-state index in [1.165, 1.54) is 11.3 Å². The lowest BCUT2D eigenvalue weighted by Gasteiger charge is -2.28. The number of benzene rings is 2. The van der Waals surface area contributed by atoms with E-state index in [9.17, 15) is 13.2 Å². The summed E-state index contributed by atoms with van der Waals surface area (Å²) in [5.41, 5.74) is 0.910. The molecule has 5 nitrogen and oxygen atoms in total.